The molecule has 0 aromatic heterocycles. The quantitative estimate of drug-likeness (QED) is 0.795. The Morgan fingerprint density at radius 2 is 2.04 bits per heavy atom. The molecule has 0 saturated carbocycles. The van der Waals surface area contributed by atoms with Crippen LogP contribution in [0, 0.1) is 11.7 Å². The third kappa shape index (κ3) is 5.95. The van der Waals surface area contributed by atoms with Gasteiger partial charge in [-0.25, -0.2) is 4.39 Å². The second kappa shape index (κ2) is 8.81. The lowest BCUT2D eigenvalue weighted by atomic mass is 10.1. The van der Waals surface area contributed by atoms with E-state index >= 15 is 0 Å². The third-order valence-corrected chi connectivity index (χ3v) is 4.35. The number of carbonyl (C=O) groups excluding carboxylic acids is 2. The molecular weight excluding hydrogens is 307 g/mol. The van der Waals surface area contributed by atoms with Crippen molar-refractivity contribution in [3.8, 4) is 0 Å². The lowest BCUT2D eigenvalue weighted by Gasteiger charge is -2.17. The molecule has 0 radical (unpaired) electrons. The summed E-state index contributed by atoms with van der Waals surface area (Å²) in [5, 5.41) is 2.97. The van der Waals surface area contributed by atoms with Crippen LogP contribution in [-0.2, 0) is 16.0 Å². The molecule has 2 amide bonds. The Balaban J connectivity index is 1.72. The van der Waals surface area contributed by atoms with Crippen molar-refractivity contribution in [1.29, 1.82) is 0 Å². The molecular formula is C19H27FN2O2. The topological polar surface area (TPSA) is 49.4 Å². The van der Waals surface area contributed by atoms with Gasteiger partial charge in [-0.1, -0.05) is 32.4 Å². The lowest BCUT2D eigenvalue weighted by molar-refractivity contribution is -0.127. The summed E-state index contributed by atoms with van der Waals surface area (Å²) in [5.74, 6) is 0.461. The van der Waals surface area contributed by atoms with Crippen molar-refractivity contribution in [3.63, 3.8) is 0 Å². The van der Waals surface area contributed by atoms with Gasteiger partial charge in [0.1, 0.15) is 5.82 Å². The highest BCUT2D eigenvalue weighted by Gasteiger charge is 2.29. The van der Waals surface area contributed by atoms with Gasteiger partial charge in [0.2, 0.25) is 11.8 Å². The van der Waals surface area contributed by atoms with E-state index in [1.807, 2.05) is 0 Å². The van der Waals surface area contributed by atoms with Gasteiger partial charge in [0.15, 0.2) is 0 Å². The summed E-state index contributed by atoms with van der Waals surface area (Å²) in [6, 6.07) is 6.26. The van der Waals surface area contributed by atoms with E-state index in [0.717, 1.165) is 18.4 Å². The monoisotopic (exact) mass is 334 g/mol. The fourth-order valence-corrected chi connectivity index (χ4v) is 2.97. The van der Waals surface area contributed by atoms with Gasteiger partial charge in [-0.05, 0) is 36.5 Å². The molecule has 5 heteroatoms. The van der Waals surface area contributed by atoms with Crippen molar-refractivity contribution < 1.29 is 14.0 Å². The highest BCUT2D eigenvalue weighted by molar-refractivity contribution is 5.82. The summed E-state index contributed by atoms with van der Waals surface area (Å²) in [6.45, 7) is 5.46. The molecule has 4 nitrogen and oxygen atoms in total. The van der Waals surface area contributed by atoms with Gasteiger partial charge in [0.05, 0.1) is 6.04 Å². The molecule has 1 saturated heterocycles. The van der Waals surface area contributed by atoms with Crippen LogP contribution in [-0.4, -0.2) is 35.8 Å². The molecule has 1 fully saturated rings. The maximum atomic E-state index is 12.9. The van der Waals surface area contributed by atoms with Crippen LogP contribution < -0.4 is 5.32 Å². The van der Waals surface area contributed by atoms with E-state index in [2.05, 4.69) is 19.2 Å². The van der Waals surface area contributed by atoms with Gasteiger partial charge in [0, 0.05) is 25.9 Å². The van der Waals surface area contributed by atoms with E-state index in [-0.39, 0.29) is 23.7 Å². The van der Waals surface area contributed by atoms with Gasteiger partial charge >= 0.3 is 0 Å². The van der Waals surface area contributed by atoms with E-state index < -0.39 is 0 Å². The van der Waals surface area contributed by atoms with Gasteiger partial charge < -0.3 is 10.2 Å². The molecule has 2 rings (SSSR count). The highest BCUT2D eigenvalue weighted by atomic mass is 19.1. The number of benzene rings is 1. The van der Waals surface area contributed by atoms with Gasteiger partial charge in [-0.3, -0.25) is 9.59 Å². The lowest BCUT2D eigenvalue weighted by Crippen LogP contribution is -2.37. The molecule has 0 unspecified atom stereocenters. The first-order chi connectivity index (χ1) is 11.4. The maximum absolute atomic E-state index is 12.9. The standard InChI is InChI=1S/C19H27FN2O2/c1-14(2)4-3-5-18(23)21-17-12-19(24)22(13-17)11-10-15-6-8-16(20)9-7-15/h6-9,14,17H,3-5,10-13H2,1-2H3,(H,21,23)/t17-/m0/s1. The van der Waals surface area contributed by atoms with Crippen LogP contribution in [0.4, 0.5) is 4.39 Å². The number of rotatable bonds is 8. The number of hydrogen-bond acceptors (Lipinski definition) is 2. The van der Waals surface area contributed by atoms with Crippen LogP contribution in [0.25, 0.3) is 0 Å². The van der Waals surface area contributed by atoms with E-state index in [0.29, 0.717) is 38.3 Å². The third-order valence-electron chi connectivity index (χ3n) is 4.35. The summed E-state index contributed by atoms with van der Waals surface area (Å²) in [4.78, 5) is 25.8. The number of nitrogens with zero attached hydrogens (tertiary/aromatic N) is 1. The molecule has 24 heavy (non-hydrogen) atoms. The summed E-state index contributed by atoms with van der Waals surface area (Å²) >= 11 is 0. The Labute approximate surface area is 143 Å². The minimum absolute atomic E-state index is 0.0360. The zero-order valence-electron chi connectivity index (χ0n) is 14.6. The molecule has 1 atom stereocenters. The van der Waals surface area contributed by atoms with Gasteiger partial charge in [-0.2, -0.15) is 0 Å². The zero-order valence-corrected chi connectivity index (χ0v) is 14.6. The van der Waals surface area contributed by atoms with Crippen molar-refractivity contribution in [2.24, 2.45) is 5.92 Å². The van der Waals surface area contributed by atoms with Crippen molar-refractivity contribution in [1.82, 2.24) is 10.2 Å². The molecule has 1 aromatic rings. The molecule has 1 heterocycles. The average molecular weight is 334 g/mol. The summed E-state index contributed by atoms with van der Waals surface area (Å²) in [6.07, 6.45) is 3.53. The van der Waals surface area contributed by atoms with Crippen molar-refractivity contribution in [3.05, 3.63) is 35.6 Å². The Morgan fingerprint density at radius 1 is 1.33 bits per heavy atom. The minimum atomic E-state index is -0.253. The average Bonchev–Trinajstić information content (AvgIpc) is 2.86. The first-order valence-corrected chi connectivity index (χ1v) is 8.75. The van der Waals surface area contributed by atoms with Crippen LogP contribution in [0.5, 0.6) is 0 Å². The normalized spacial score (nSPS) is 17.6. The second-order valence-electron chi connectivity index (χ2n) is 6.97. The van der Waals surface area contributed by atoms with Crippen LogP contribution in [0.3, 0.4) is 0 Å². The van der Waals surface area contributed by atoms with E-state index in [1.54, 1.807) is 17.0 Å². The van der Waals surface area contributed by atoms with Gasteiger partial charge in [0.25, 0.3) is 0 Å². The Bertz CT molecular complexity index is 557. The van der Waals surface area contributed by atoms with Crippen LogP contribution in [0.2, 0.25) is 0 Å². The molecule has 1 aliphatic heterocycles. The predicted molar refractivity (Wildman–Crippen MR) is 91.9 cm³/mol. The van der Waals surface area contributed by atoms with Crippen LogP contribution in [0.15, 0.2) is 24.3 Å². The smallest absolute Gasteiger partial charge is 0.224 e. The van der Waals surface area contributed by atoms with Crippen molar-refractivity contribution in [2.45, 2.75) is 52.0 Å². The molecule has 0 aliphatic carbocycles. The summed E-state index contributed by atoms with van der Waals surface area (Å²) < 4.78 is 12.9. The molecule has 1 aromatic carbocycles. The number of likely N-dealkylation sites (tertiary alicyclic amines) is 1. The van der Waals surface area contributed by atoms with E-state index in [9.17, 15) is 14.0 Å². The molecule has 1 N–H and O–H groups in total. The largest absolute Gasteiger partial charge is 0.351 e. The minimum Gasteiger partial charge on any atom is -0.351 e. The first-order valence-electron chi connectivity index (χ1n) is 8.75. The fourth-order valence-electron chi connectivity index (χ4n) is 2.97. The number of nitrogens with one attached hydrogen (secondary N) is 1. The Hall–Kier alpha value is -1.91. The predicted octanol–water partition coefficient (Wildman–Crippen LogP) is 2.91. The maximum Gasteiger partial charge on any atom is 0.224 e. The molecule has 1 aliphatic rings. The Morgan fingerprint density at radius 3 is 2.71 bits per heavy atom. The number of halogens is 1. The van der Waals surface area contributed by atoms with Crippen LogP contribution >= 0.6 is 0 Å². The first kappa shape index (κ1) is 18.4. The van der Waals surface area contributed by atoms with Gasteiger partial charge in [-0.15, -0.1) is 0 Å². The molecule has 0 bridgehead atoms. The van der Waals surface area contributed by atoms with E-state index in [1.165, 1.54) is 12.1 Å². The second-order valence-corrected chi connectivity index (χ2v) is 6.97. The summed E-state index contributed by atoms with van der Waals surface area (Å²) in [5.41, 5.74) is 1.00. The zero-order chi connectivity index (χ0) is 17.5. The number of carbonyl (C=O) groups is 2. The number of amides is 2. The van der Waals surface area contributed by atoms with E-state index in [4.69, 9.17) is 0 Å². The SMILES string of the molecule is CC(C)CCCC(=O)N[C@H]1CC(=O)N(CCc2ccc(F)cc2)C1. The fraction of sp³-hybridized carbons (Fsp3) is 0.579. The number of hydrogen-bond donors (Lipinski definition) is 1. The molecule has 0 spiro atoms. The molecule has 132 valence electrons. The Kier molecular flexibility index (Phi) is 6.76. The summed E-state index contributed by atoms with van der Waals surface area (Å²) in [7, 11) is 0. The highest BCUT2D eigenvalue weighted by Crippen LogP contribution is 2.14. The van der Waals surface area contributed by atoms with Crippen LogP contribution in [0.1, 0.15) is 45.1 Å². The van der Waals surface area contributed by atoms with Crippen molar-refractivity contribution in [2.75, 3.05) is 13.1 Å². The van der Waals surface area contributed by atoms with Crippen molar-refractivity contribution >= 4 is 11.8 Å².